The van der Waals surface area contributed by atoms with E-state index in [1.165, 1.54) is 42.3 Å². The van der Waals surface area contributed by atoms with Crippen LogP contribution in [0.15, 0.2) is 42.5 Å². The quantitative estimate of drug-likeness (QED) is 0.464. The van der Waals surface area contributed by atoms with Gasteiger partial charge in [-0.25, -0.2) is 18.1 Å². The van der Waals surface area contributed by atoms with Crippen LogP contribution in [-0.2, 0) is 19.4 Å². The molecule has 1 atom stereocenters. The van der Waals surface area contributed by atoms with E-state index in [-0.39, 0.29) is 28.2 Å². The summed E-state index contributed by atoms with van der Waals surface area (Å²) in [4.78, 5) is 52.6. The van der Waals surface area contributed by atoms with Crippen LogP contribution >= 0.6 is 11.6 Å². The van der Waals surface area contributed by atoms with Crippen LogP contribution in [0.25, 0.3) is 0 Å². The Kier molecular flexibility index (Phi) is 5.98. The van der Waals surface area contributed by atoms with Crippen LogP contribution in [0, 0.1) is 0 Å². The molecule has 0 unspecified atom stereocenters. The number of carbonyl (C=O) groups is 4. The Bertz CT molecular complexity index is 1270. The highest BCUT2D eigenvalue weighted by atomic mass is 35.5. The molecule has 4 rings (SSSR count). The maximum atomic E-state index is 12.8. The van der Waals surface area contributed by atoms with Crippen molar-refractivity contribution in [3.8, 4) is 0 Å². The second-order valence-electron chi connectivity index (χ2n) is 7.82. The van der Waals surface area contributed by atoms with Crippen LogP contribution in [0.5, 0.6) is 0 Å². The largest absolute Gasteiger partial charge is 0.452 e. The van der Waals surface area contributed by atoms with Gasteiger partial charge in [0.1, 0.15) is 0 Å². The van der Waals surface area contributed by atoms with Crippen LogP contribution in [0.3, 0.4) is 0 Å². The average molecular weight is 491 g/mol. The third-order valence-corrected chi connectivity index (χ3v) is 7.69. The molecule has 3 amide bonds. The van der Waals surface area contributed by atoms with Crippen molar-refractivity contribution in [3.63, 3.8) is 0 Å². The van der Waals surface area contributed by atoms with Crippen molar-refractivity contribution in [1.82, 2.24) is 4.90 Å². The highest BCUT2D eigenvalue weighted by molar-refractivity contribution is 7.91. The van der Waals surface area contributed by atoms with Crippen LogP contribution in [0.2, 0.25) is 5.02 Å². The molecule has 1 fully saturated rings. The molecule has 2 aromatic rings. The highest BCUT2D eigenvalue weighted by Gasteiger charge is 2.37. The lowest BCUT2D eigenvalue weighted by atomic mass is 10.1. The van der Waals surface area contributed by atoms with E-state index in [1.807, 2.05) is 0 Å². The van der Waals surface area contributed by atoms with Crippen molar-refractivity contribution in [2.24, 2.45) is 0 Å². The number of halogens is 1. The number of rotatable bonds is 5. The maximum Gasteiger partial charge on any atom is 0.338 e. The van der Waals surface area contributed by atoms with Gasteiger partial charge in [0.05, 0.1) is 33.9 Å². The minimum atomic E-state index is -3.16. The minimum Gasteiger partial charge on any atom is -0.452 e. The number of sulfone groups is 1. The van der Waals surface area contributed by atoms with Crippen molar-refractivity contribution in [2.45, 2.75) is 12.5 Å². The number of imide groups is 1. The Balaban J connectivity index is 1.44. The molecular weight excluding hydrogens is 472 g/mol. The molecule has 11 heteroatoms. The number of benzene rings is 2. The van der Waals surface area contributed by atoms with E-state index in [0.29, 0.717) is 17.1 Å². The van der Waals surface area contributed by atoms with Crippen LogP contribution in [0.1, 0.15) is 37.5 Å². The molecular formula is C22H19ClN2O7S. The molecule has 0 spiro atoms. The highest BCUT2D eigenvalue weighted by Crippen LogP contribution is 2.30. The average Bonchev–Trinajstić information content (AvgIpc) is 3.28. The zero-order valence-electron chi connectivity index (χ0n) is 17.5. The lowest BCUT2D eigenvalue weighted by Crippen LogP contribution is -2.40. The van der Waals surface area contributed by atoms with Crippen LogP contribution in [-0.4, -0.2) is 68.2 Å². The summed E-state index contributed by atoms with van der Waals surface area (Å²) in [6.07, 6.45) is 0.337. The predicted octanol–water partition coefficient (Wildman–Crippen LogP) is 1.94. The molecule has 2 aromatic carbocycles. The van der Waals surface area contributed by atoms with Crippen molar-refractivity contribution in [2.75, 3.05) is 30.1 Å². The van der Waals surface area contributed by atoms with E-state index in [9.17, 15) is 27.6 Å². The Morgan fingerprint density at radius 2 is 1.76 bits per heavy atom. The fraction of sp³-hybridized carbons (Fsp3) is 0.273. The summed E-state index contributed by atoms with van der Waals surface area (Å²) in [5, 5.41) is 0.454. The molecule has 2 aliphatic heterocycles. The summed E-state index contributed by atoms with van der Waals surface area (Å²) in [7, 11) is -1.70. The molecule has 33 heavy (non-hydrogen) atoms. The standard InChI is InChI=1S/C22H19ClN2O7S/c1-24(16-8-9-33(30,31)12-16)19(26)11-32-22(29)13-2-7-17-18(10-13)21(28)25(20(17)27)15-5-3-14(23)4-6-15/h2-7,10,16H,8-9,11-12H2,1H3/t16-/m1/s1. The first-order chi connectivity index (χ1) is 15.6. The predicted molar refractivity (Wildman–Crippen MR) is 119 cm³/mol. The van der Waals surface area contributed by atoms with Gasteiger partial charge < -0.3 is 9.64 Å². The summed E-state index contributed by atoms with van der Waals surface area (Å²) >= 11 is 5.86. The number of hydrogen-bond acceptors (Lipinski definition) is 7. The summed E-state index contributed by atoms with van der Waals surface area (Å²) in [6, 6.07) is 9.69. The third kappa shape index (κ3) is 4.49. The zero-order valence-corrected chi connectivity index (χ0v) is 19.1. The van der Waals surface area contributed by atoms with E-state index in [0.717, 1.165) is 4.90 Å². The Hall–Kier alpha value is -3.24. The third-order valence-electron chi connectivity index (χ3n) is 5.68. The van der Waals surface area contributed by atoms with Gasteiger partial charge >= 0.3 is 5.97 Å². The van der Waals surface area contributed by atoms with Gasteiger partial charge in [0.25, 0.3) is 17.7 Å². The molecule has 2 aliphatic rings. The topological polar surface area (TPSA) is 118 Å². The summed E-state index contributed by atoms with van der Waals surface area (Å²) in [5.41, 5.74) is 0.540. The van der Waals surface area contributed by atoms with Crippen molar-refractivity contribution >= 4 is 50.8 Å². The number of ether oxygens (including phenoxy) is 1. The van der Waals surface area contributed by atoms with Gasteiger partial charge in [-0.3, -0.25) is 14.4 Å². The van der Waals surface area contributed by atoms with E-state index in [2.05, 4.69) is 0 Å². The van der Waals surface area contributed by atoms with Gasteiger partial charge in [0, 0.05) is 18.1 Å². The molecule has 0 radical (unpaired) electrons. The number of likely N-dealkylation sites (N-methyl/N-ethyl adjacent to an activating group) is 1. The first-order valence-corrected chi connectivity index (χ1v) is 12.2. The van der Waals surface area contributed by atoms with Crippen molar-refractivity contribution in [3.05, 3.63) is 64.2 Å². The first-order valence-electron chi connectivity index (χ1n) is 9.99. The van der Waals surface area contributed by atoms with Gasteiger partial charge in [-0.1, -0.05) is 11.6 Å². The van der Waals surface area contributed by atoms with Crippen LogP contribution in [0.4, 0.5) is 5.69 Å². The molecule has 2 heterocycles. The lowest BCUT2D eigenvalue weighted by molar-refractivity contribution is -0.134. The number of nitrogens with zero attached hydrogens (tertiary/aromatic N) is 2. The second-order valence-corrected chi connectivity index (χ2v) is 10.5. The number of esters is 1. The molecule has 9 nitrogen and oxygen atoms in total. The Morgan fingerprint density at radius 1 is 1.09 bits per heavy atom. The van der Waals surface area contributed by atoms with Gasteiger partial charge in [0.15, 0.2) is 16.4 Å². The Labute approximate surface area is 194 Å². The molecule has 0 aliphatic carbocycles. The Morgan fingerprint density at radius 3 is 2.39 bits per heavy atom. The van der Waals surface area contributed by atoms with E-state index < -0.39 is 46.2 Å². The summed E-state index contributed by atoms with van der Waals surface area (Å²) < 4.78 is 28.3. The normalized spacial score (nSPS) is 18.8. The van der Waals surface area contributed by atoms with Crippen LogP contribution < -0.4 is 4.90 Å². The van der Waals surface area contributed by atoms with E-state index in [4.69, 9.17) is 16.3 Å². The second kappa shape index (κ2) is 8.60. The zero-order chi connectivity index (χ0) is 23.9. The van der Waals surface area contributed by atoms with Gasteiger partial charge in [0.2, 0.25) is 0 Å². The number of anilines is 1. The smallest absolute Gasteiger partial charge is 0.338 e. The van der Waals surface area contributed by atoms with Crippen molar-refractivity contribution < 1.29 is 32.3 Å². The molecule has 0 aromatic heterocycles. The van der Waals surface area contributed by atoms with Gasteiger partial charge in [-0.2, -0.15) is 0 Å². The molecule has 172 valence electrons. The number of hydrogen-bond donors (Lipinski definition) is 0. The molecule has 0 bridgehead atoms. The molecule has 0 N–H and O–H groups in total. The SMILES string of the molecule is CN(C(=O)COC(=O)c1ccc2c(c1)C(=O)N(c1ccc(Cl)cc1)C2=O)[C@@H]1CCS(=O)(=O)C1. The fourth-order valence-electron chi connectivity index (χ4n) is 3.79. The first kappa shape index (κ1) is 22.9. The molecule has 1 saturated heterocycles. The monoisotopic (exact) mass is 490 g/mol. The van der Waals surface area contributed by atoms with Gasteiger partial charge in [-0.15, -0.1) is 0 Å². The minimum absolute atomic E-state index is 0.00625. The van der Waals surface area contributed by atoms with Crippen molar-refractivity contribution in [1.29, 1.82) is 0 Å². The van der Waals surface area contributed by atoms with E-state index in [1.54, 1.807) is 12.1 Å². The number of carbonyl (C=O) groups excluding carboxylic acids is 4. The number of amides is 3. The van der Waals surface area contributed by atoms with Gasteiger partial charge in [-0.05, 0) is 48.9 Å². The summed E-state index contributed by atoms with van der Waals surface area (Å²) in [5.74, 6) is -2.60. The number of fused-ring (bicyclic) bond motifs is 1. The summed E-state index contributed by atoms with van der Waals surface area (Å²) in [6.45, 7) is -0.577. The maximum absolute atomic E-state index is 12.8. The van der Waals surface area contributed by atoms with E-state index >= 15 is 0 Å². The molecule has 0 saturated carbocycles. The lowest BCUT2D eigenvalue weighted by Gasteiger charge is -2.23. The fourth-order valence-corrected chi connectivity index (χ4v) is 5.69.